The van der Waals surface area contributed by atoms with Gasteiger partial charge in [0, 0.05) is 42.3 Å². The van der Waals surface area contributed by atoms with Gasteiger partial charge >= 0.3 is 0 Å². The second-order valence-electron chi connectivity index (χ2n) is 6.11. The molecule has 0 aromatic carbocycles. The average Bonchev–Trinajstić information content (AvgIpc) is 3.38. The van der Waals surface area contributed by atoms with Gasteiger partial charge in [0.1, 0.15) is 15.5 Å². The third kappa shape index (κ3) is 2.75. The number of fused-ring (bicyclic) bond motifs is 3. The average molecular weight is 394 g/mol. The molecular formula is C18H14N6OS2. The van der Waals surface area contributed by atoms with E-state index in [1.54, 1.807) is 29.9 Å². The molecule has 0 aliphatic rings. The molecule has 7 nitrogen and oxygen atoms in total. The molecule has 0 N–H and O–H groups in total. The maximum atomic E-state index is 12.9. The molecule has 0 saturated heterocycles. The zero-order chi connectivity index (χ0) is 18.4. The van der Waals surface area contributed by atoms with Crippen LogP contribution in [-0.2, 0) is 20.0 Å². The Morgan fingerprint density at radius 3 is 2.85 bits per heavy atom. The van der Waals surface area contributed by atoms with Crippen molar-refractivity contribution in [1.82, 2.24) is 29.3 Å². The monoisotopic (exact) mass is 394 g/mol. The number of hydrogen-bond donors (Lipinski definition) is 0. The fourth-order valence-corrected chi connectivity index (χ4v) is 4.86. The second-order valence-corrected chi connectivity index (χ2v) is 8.18. The standard InChI is InChI=1S/C18H14N6OS2/c1-23-15-12(9-21-24(18(15)25)10-14-20-6-7-26-14)16-17(23)22-13(27-16)8-11-4-2-3-5-19-11/h2-7,9H,8,10H2,1H3. The quantitative estimate of drug-likeness (QED) is 0.468. The molecule has 0 saturated carbocycles. The Morgan fingerprint density at radius 2 is 2.07 bits per heavy atom. The SMILES string of the molecule is Cn1c2nc(Cc3ccccn3)sc2c2cnn(Cc3nccs3)c(=O)c21. The van der Waals surface area contributed by atoms with E-state index in [-0.39, 0.29) is 5.56 Å². The van der Waals surface area contributed by atoms with Gasteiger partial charge in [0.15, 0.2) is 5.65 Å². The summed E-state index contributed by atoms with van der Waals surface area (Å²) >= 11 is 3.10. The number of aromatic nitrogens is 6. The van der Waals surface area contributed by atoms with E-state index >= 15 is 0 Å². The van der Waals surface area contributed by atoms with Gasteiger partial charge in [-0.05, 0) is 12.1 Å². The van der Waals surface area contributed by atoms with E-state index in [0.717, 1.165) is 31.4 Å². The van der Waals surface area contributed by atoms with Crippen molar-refractivity contribution in [2.45, 2.75) is 13.0 Å². The molecule has 0 aliphatic carbocycles. The van der Waals surface area contributed by atoms with Crippen LogP contribution in [0.2, 0.25) is 0 Å². The molecule has 0 amide bonds. The fraction of sp³-hybridized carbons (Fsp3) is 0.167. The molecule has 0 unspecified atom stereocenters. The van der Waals surface area contributed by atoms with Gasteiger partial charge in [0.25, 0.3) is 5.56 Å². The van der Waals surface area contributed by atoms with E-state index in [1.165, 1.54) is 16.0 Å². The zero-order valence-corrected chi connectivity index (χ0v) is 16.0. The smallest absolute Gasteiger partial charge is 0.291 e. The summed E-state index contributed by atoms with van der Waals surface area (Å²) in [6, 6.07) is 5.86. The summed E-state index contributed by atoms with van der Waals surface area (Å²) in [5.41, 5.74) is 2.29. The zero-order valence-electron chi connectivity index (χ0n) is 14.4. The summed E-state index contributed by atoms with van der Waals surface area (Å²) in [5.74, 6) is 0. The lowest BCUT2D eigenvalue weighted by atomic mass is 10.3. The number of thiazole rings is 2. The van der Waals surface area contributed by atoms with Crippen LogP contribution in [0.25, 0.3) is 21.3 Å². The van der Waals surface area contributed by atoms with Crippen LogP contribution in [0.1, 0.15) is 15.7 Å². The Balaban J connectivity index is 1.60. The Kier molecular flexibility index (Phi) is 3.83. The van der Waals surface area contributed by atoms with Gasteiger partial charge in [-0.15, -0.1) is 22.7 Å². The summed E-state index contributed by atoms with van der Waals surface area (Å²) in [6.07, 6.45) is 5.95. The minimum absolute atomic E-state index is 0.123. The van der Waals surface area contributed by atoms with E-state index in [2.05, 4.69) is 15.1 Å². The first kappa shape index (κ1) is 16.3. The maximum absolute atomic E-state index is 12.9. The highest BCUT2D eigenvalue weighted by Crippen LogP contribution is 2.31. The van der Waals surface area contributed by atoms with Crippen molar-refractivity contribution in [3.63, 3.8) is 0 Å². The maximum Gasteiger partial charge on any atom is 0.291 e. The van der Waals surface area contributed by atoms with Crippen LogP contribution in [0.5, 0.6) is 0 Å². The molecule has 5 heterocycles. The van der Waals surface area contributed by atoms with Gasteiger partial charge in [0.05, 0.1) is 17.4 Å². The van der Waals surface area contributed by atoms with Crippen molar-refractivity contribution >= 4 is 43.9 Å². The van der Waals surface area contributed by atoms with Crippen LogP contribution in [-0.4, -0.2) is 29.3 Å². The van der Waals surface area contributed by atoms with Crippen LogP contribution < -0.4 is 5.56 Å². The van der Waals surface area contributed by atoms with Crippen LogP contribution in [0.3, 0.4) is 0 Å². The van der Waals surface area contributed by atoms with Crippen LogP contribution >= 0.6 is 22.7 Å². The first-order valence-corrected chi connectivity index (χ1v) is 10.0. The fourth-order valence-electron chi connectivity index (χ4n) is 3.14. The predicted octanol–water partition coefficient (Wildman–Crippen LogP) is 2.84. The molecule has 0 spiro atoms. The Morgan fingerprint density at radius 1 is 1.15 bits per heavy atom. The summed E-state index contributed by atoms with van der Waals surface area (Å²) in [4.78, 5) is 26.3. The Bertz CT molecular complexity index is 1300. The van der Waals surface area contributed by atoms with Crippen LogP contribution in [0.4, 0.5) is 0 Å². The summed E-state index contributed by atoms with van der Waals surface area (Å²) in [7, 11) is 1.88. The molecule has 5 aromatic heterocycles. The summed E-state index contributed by atoms with van der Waals surface area (Å²) < 4.78 is 4.31. The topological polar surface area (TPSA) is 78.5 Å². The van der Waals surface area contributed by atoms with Gasteiger partial charge in [-0.3, -0.25) is 9.78 Å². The molecule has 5 aromatic rings. The lowest BCUT2D eigenvalue weighted by Gasteiger charge is -2.03. The van der Waals surface area contributed by atoms with Gasteiger partial charge < -0.3 is 4.57 Å². The molecule has 9 heteroatoms. The third-order valence-electron chi connectivity index (χ3n) is 4.40. The molecule has 5 rings (SSSR count). The van der Waals surface area contributed by atoms with Crippen molar-refractivity contribution in [3.05, 3.63) is 68.2 Å². The van der Waals surface area contributed by atoms with E-state index in [0.29, 0.717) is 18.5 Å². The van der Waals surface area contributed by atoms with Gasteiger partial charge in [0.2, 0.25) is 0 Å². The number of hydrogen-bond acceptors (Lipinski definition) is 7. The lowest BCUT2D eigenvalue weighted by Crippen LogP contribution is -2.24. The first-order chi connectivity index (χ1) is 13.2. The molecule has 134 valence electrons. The molecular weight excluding hydrogens is 380 g/mol. The number of pyridine rings is 1. The highest BCUT2D eigenvalue weighted by molar-refractivity contribution is 7.19. The van der Waals surface area contributed by atoms with Gasteiger partial charge in [-0.1, -0.05) is 6.07 Å². The normalized spacial score (nSPS) is 11.6. The largest absolute Gasteiger partial charge is 0.323 e. The van der Waals surface area contributed by atoms with Gasteiger partial charge in [-0.2, -0.15) is 5.10 Å². The highest BCUT2D eigenvalue weighted by Gasteiger charge is 2.18. The summed E-state index contributed by atoms with van der Waals surface area (Å²) in [6.45, 7) is 0.379. The molecule has 0 radical (unpaired) electrons. The van der Waals surface area contributed by atoms with Crippen molar-refractivity contribution < 1.29 is 0 Å². The van der Waals surface area contributed by atoms with Crippen LogP contribution in [0, 0.1) is 0 Å². The van der Waals surface area contributed by atoms with Crippen molar-refractivity contribution in [1.29, 1.82) is 0 Å². The lowest BCUT2D eigenvalue weighted by molar-refractivity contribution is 0.641. The minimum atomic E-state index is -0.123. The van der Waals surface area contributed by atoms with Crippen molar-refractivity contribution in [3.8, 4) is 0 Å². The second kappa shape index (κ2) is 6.36. The van der Waals surface area contributed by atoms with E-state index in [4.69, 9.17) is 4.98 Å². The molecule has 27 heavy (non-hydrogen) atoms. The number of rotatable bonds is 4. The Labute approximate surface area is 161 Å². The highest BCUT2D eigenvalue weighted by atomic mass is 32.1. The van der Waals surface area contributed by atoms with E-state index < -0.39 is 0 Å². The van der Waals surface area contributed by atoms with E-state index in [1.807, 2.05) is 35.2 Å². The van der Waals surface area contributed by atoms with E-state index in [9.17, 15) is 4.79 Å². The van der Waals surface area contributed by atoms with Crippen molar-refractivity contribution in [2.75, 3.05) is 0 Å². The Hall–Kier alpha value is -2.91. The summed E-state index contributed by atoms with van der Waals surface area (Å²) in [5, 5.41) is 8.93. The number of aryl methyl sites for hydroxylation is 1. The molecule has 0 fully saturated rings. The molecule has 0 bridgehead atoms. The van der Waals surface area contributed by atoms with Crippen LogP contribution in [0.15, 0.2) is 47.0 Å². The minimum Gasteiger partial charge on any atom is -0.323 e. The van der Waals surface area contributed by atoms with Crippen molar-refractivity contribution in [2.24, 2.45) is 7.05 Å². The molecule has 0 aliphatic heterocycles. The molecule has 0 atom stereocenters. The first-order valence-electron chi connectivity index (χ1n) is 8.33. The number of nitrogens with zero attached hydrogens (tertiary/aromatic N) is 6. The van der Waals surface area contributed by atoms with Gasteiger partial charge in [-0.25, -0.2) is 14.6 Å². The predicted molar refractivity (Wildman–Crippen MR) is 106 cm³/mol. The third-order valence-corrected chi connectivity index (χ3v) is 6.24.